The number of aryl methyl sites for hydroxylation is 1. The van der Waals surface area contributed by atoms with E-state index in [4.69, 9.17) is 0 Å². The zero-order chi connectivity index (χ0) is 24.7. The van der Waals surface area contributed by atoms with Crippen molar-refractivity contribution < 1.29 is 31.1 Å². The fourth-order valence-corrected chi connectivity index (χ4v) is 4.78. The molecule has 10 heteroatoms. The van der Waals surface area contributed by atoms with Crippen LogP contribution in [0.1, 0.15) is 46.0 Å². The molecule has 0 saturated carbocycles. The van der Waals surface area contributed by atoms with Crippen LogP contribution in [0.2, 0.25) is 0 Å². The van der Waals surface area contributed by atoms with Gasteiger partial charge in [-0.15, -0.1) is 0 Å². The van der Waals surface area contributed by atoms with Crippen LogP contribution in [0.3, 0.4) is 0 Å². The summed E-state index contributed by atoms with van der Waals surface area (Å²) in [6, 6.07) is 7.42. The molecule has 1 aliphatic carbocycles. The van der Waals surface area contributed by atoms with E-state index in [1.807, 2.05) is 24.3 Å². The second-order valence-electron chi connectivity index (χ2n) is 8.84. The highest BCUT2D eigenvalue weighted by atomic mass is 19.4. The first-order valence-corrected chi connectivity index (χ1v) is 11.1. The van der Waals surface area contributed by atoms with Crippen LogP contribution in [-0.2, 0) is 25.2 Å². The first kappa shape index (κ1) is 24.4. The fourth-order valence-electron chi connectivity index (χ4n) is 4.78. The number of halogens is 6. The van der Waals surface area contributed by atoms with E-state index in [1.165, 1.54) is 4.90 Å². The fraction of sp³-hybridized carbons (Fsp3) is 0.458. The lowest BCUT2D eigenvalue weighted by Crippen LogP contribution is -2.50. The van der Waals surface area contributed by atoms with Gasteiger partial charge < -0.3 is 15.5 Å². The topological polar surface area (TPSA) is 44.4 Å². The lowest BCUT2D eigenvalue weighted by Gasteiger charge is -2.38. The number of fused-ring (bicyclic) bond motifs is 1. The van der Waals surface area contributed by atoms with Crippen molar-refractivity contribution in [2.45, 2.75) is 50.6 Å². The molecular weight excluding hydrogens is 460 g/mol. The Morgan fingerprint density at radius 3 is 2.41 bits per heavy atom. The zero-order valence-corrected chi connectivity index (χ0v) is 18.5. The van der Waals surface area contributed by atoms with Crippen LogP contribution in [0.25, 0.3) is 0 Å². The van der Waals surface area contributed by atoms with Crippen LogP contribution in [0.4, 0.5) is 32.0 Å². The van der Waals surface area contributed by atoms with Gasteiger partial charge in [0.2, 0.25) is 0 Å². The number of nitrogens with one attached hydrogen (secondary N) is 2. The number of piperazine rings is 1. The molecule has 4 nitrogen and oxygen atoms in total. The van der Waals surface area contributed by atoms with Gasteiger partial charge in [0.1, 0.15) is 0 Å². The van der Waals surface area contributed by atoms with Gasteiger partial charge in [-0.2, -0.15) is 26.3 Å². The summed E-state index contributed by atoms with van der Waals surface area (Å²) in [6.45, 7) is 2.36. The van der Waals surface area contributed by atoms with Crippen molar-refractivity contribution in [3.05, 3.63) is 64.2 Å². The number of carbonyl (C=O) groups is 1. The largest absolute Gasteiger partial charge is 0.419 e. The first-order chi connectivity index (χ1) is 15.9. The molecule has 2 atom stereocenters. The highest BCUT2D eigenvalue weighted by Gasteiger charge is 2.43. The number of hydrogen-bond donors (Lipinski definition) is 2. The predicted molar refractivity (Wildman–Crippen MR) is 116 cm³/mol. The van der Waals surface area contributed by atoms with Crippen molar-refractivity contribution >= 4 is 11.6 Å². The normalized spacial score (nSPS) is 21.2. The SMILES string of the molecule is CC1CNCCN1c1cc(C(F)(F)F)cc(C(=O)NC2CCc3ccccc3C2)c1C(F)(F)F. The van der Waals surface area contributed by atoms with E-state index < -0.39 is 52.7 Å². The predicted octanol–water partition coefficient (Wildman–Crippen LogP) is 4.81. The lowest BCUT2D eigenvalue weighted by atomic mass is 9.88. The summed E-state index contributed by atoms with van der Waals surface area (Å²) >= 11 is 0. The third-order valence-electron chi connectivity index (χ3n) is 6.47. The second kappa shape index (κ2) is 9.13. The lowest BCUT2D eigenvalue weighted by molar-refractivity contribution is -0.141. The number of rotatable bonds is 3. The van der Waals surface area contributed by atoms with Gasteiger partial charge in [0, 0.05) is 31.7 Å². The quantitative estimate of drug-likeness (QED) is 0.614. The Bertz CT molecular complexity index is 1070. The average Bonchev–Trinajstić information content (AvgIpc) is 2.77. The van der Waals surface area contributed by atoms with Gasteiger partial charge in [-0.3, -0.25) is 4.79 Å². The Balaban J connectivity index is 1.75. The number of alkyl halides is 6. The molecule has 0 aromatic heterocycles. The second-order valence-corrected chi connectivity index (χ2v) is 8.84. The van der Waals surface area contributed by atoms with E-state index in [2.05, 4.69) is 10.6 Å². The van der Waals surface area contributed by atoms with Crippen molar-refractivity contribution in [2.24, 2.45) is 0 Å². The maximum Gasteiger partial charge on any atom is 0.419 e. The number of carbonyl (C=O) groups excluding carboxylic acids is 1. The van der Waals surface area contributed by atoms with Gasteiger partial charge in [-0.05, 0) is 49.4 Å². The van der Waals surface area contributed by atoms with Crippen LogP contribution in [-0.4, -0.2) is 37.6 Å². The van der Waals surface area contributed by atoms with Gasteiger partial charge in [0.25, 0.3) is 5.91 Å². The van der Waals surface area contributed by atoms with E-state index in [0.717, 1.165) is 11.1 Å². The first-order valence-electron chi connectivity index (χ1n) is 11.1. The summed E-state index contributed by atoms with van der Waals surface area (Å²) in [5, 5.41) is 5.58. The average molecular weight is 485 g/mol. The molecular formula is C24H25F6N3O. The molecule has 4 rings (SSSR count). The third kappa shape index (κ3) is 5.01. The number of anilines is 1. The monoisotopic (exact) mass is 485 g/mol. The van der Waals surface area contributed by atoms with Crippen LogP contribution in [0, 0.1) is 0 Å². The molecule has 0 spiro atoms. The summed E-state index contributed by atoms with van der Waals surface area (Å²) < 4.78 is 83.8. The van der Waals surface area contributed by atoms with Crippen molar-refractivity contribution in [3.63, 3.8) is 0 Å². The Morgan fingerprint density at radius 2 is 1.76 bits per heavy atom. The molecule has 184 valence electrons. The van der Waals surface area contributed by atoms with Gasteiger partial charge in [-0.1, -0.05) is 24.3 Å². The van der Waals surface area contributed by atoms with Gasteiger partial charge in [0.15, 0.2) is 0 Å². The summed E-state index contributed by atoms with van der Waals surface area (Å²) in [6.07, 6.45) is -8.40. The van der Waals surface area contributed by atoms with Crippen LogP contribution in [0.5, 0.6) is 0 Å². The summed E-state index contributed by atoms with van der Waals surface area (Å²) in [5.41, 5.74) is -2.16. The summed E-state index contributed by atoms with van der Waals surface area (Å²) in [7, 11) is 0. The highest BCUT2D eigenvalue weighted by Crippen LogP contribution is 2.43. The molecule has 1 saturated heterocycles. The Hall–Kier alpha value is -2.75. The van der Waals surface area contributed by atoms with E-state index >= 15 is 0 Å². The van der Waals surface area contributed by atoms with Gasteiger partial charge >= 0.3 is 12.4 Å². The maximum atomic E-state index is 14.3. The molecule has 1 fully saturated rings. The maximum absolute atomic E-state index is 14.3. The van der Waals surface area contributed by atoms with Crippen molar-refractivity contribution in [1.82, 2.24) is 10.6 Å². The summed E-state index contributed by atoms with van der Waals surface area (Å²) in [5.74, 6) is -1.15. The van der Waals surface area contributed by atoms with E-state index in [1.54, 1.807) is 6.92 Å². The zero-order valence-electron chi connectivity index (χ0n) is 18.5. The molecule has 2 unspecified atom stereocenters. The molecule has 34 heavy (non-hydrogen) atoms. The number of hydrogen-bond acceptors (Lipinski definition) is 3. The standard InChI is InChI=1S/C24H25F6N3O/c1-14-13-31-8-9-33(14)20-12-17(23(25,26)27)11-19(21(20)24(28,29)30)22(34)32-18-7-6-15-4-2-3-5-16(15)10-18/h2-5,11-12,14,18,31H,6-10,13H2,1H3,(H,32,34). The van der Waals surface area contributed by atoms with Gasteiger partial charge in [-0.25, -0.2) is 0 Å². The smallest absolute Gasteiger partial charge is 0.366 e. The molecule has 2 aromatic carbocycles. The molecule has 2 aromatic rings. The minimum atomic E-state index is -5.02. The van der Waals surface area contributed by atoms with Gasteiger partial charge in [0.05, 0.1) is 22.4 Å². The van der Waals surface area contributed by atoms with E-state index in [-0.39, 0.29) is 6.54 Å². The summed E-state index contributed by atoms with van der Waals surface area (Å²) in [4.78, 5) is 14.4. The molecule has 2 aliphatic rings. The Morgan fingerprint density at radius 1 is 1.06 bits per heavy atom. The number of nitrogens with zero attached hydrogens (tertiary/aromatic N) is 1. The van der Waals surface area contributed by atoms with Crippen LogP contribution in [0.15, 0.2) is 36.4 Å². The molecule has 2 N–H and O–H groups in total. The number of amides is 1. The molecule has 1 amide bonds. The molecule has 1 aliphatic heterocycles. The Labute approximate surface area is 193 Å². The molecule has 1 heterocycles. The van der Waals surface area contributed by atoms with Crippen LogP contribution >= 0.6 is 0 Å². The van der Waals surface area contributed by atoms with Crippen molar-refractivity contribution in [3.8, 4) is 0 Å². The minimum absolute atomic E-state index is 0.0893. The molecule has 0 radical (unpaired) electrons. The van der Waals surface area contributed by atoms with E-state index in [9.17, 15) is 31.1 Å². The van der Waals surface area contributed by atoms with E-state index in [0.29, 0.717) is 44.5 Å². The van der Waals surface area contributed by atoms with Crippen molar-refractivity contribution in [2.75, 3.05) is 24.5 Å². The third-order valence-corrected chi connectivity index (χ3v) is 6.47. The minimum Gasteiger partial charge on any atom is -0.366 e. The van der Waals surface area contributed by atoms with Crippen molar-refractivity contribution in [1.29, 1.82) is 0 Å². The highest BCUT2D eigenvalue weighted by molar-refractivity contribution is 5.98. The number of benzene rings is 2. The molecule has 0 bridgehead atoms. The Kier molecular flexibility index (Phi) is 6.54. The van der Waals surface area contributed by atoms with Crippen LogP contribution < -0.4 is 15.5 Å².